The van der Waals surface area contributed by atoms with Crippen LogP contribution in [0.1, 0.15) is 44.9 Å². The van der Waals surface area contributed by atoms with Crippen LogP contribution in [0.2, 0.25) is 0 Å². The topological polar surface area (TPSA) is 55.8 Å². The molecule has 1 heterocycles. The maximum atomic E-state index is 12.2. The van der Waals surface area contributed by atoms with Crippen LogP contribution >= 0.6 is 0 Å². The summed E-state index contributed by atoms with van der Waals surface area (Å²) < 4.78 is 12.1. The molecule has 5 heteroatoms. The molecule has 0 aromatic heterocycles. The summed E-state index contributed by atoms with van der Waals surface area (Å²) in [4.78, 5) is 25.6. The van der Waals surface area contributed by atoms with Crippen LogP contribution in [0.5, 0.6) is 11.5 Å². The molecule has 0 bridgehead atoms. The van der Waals surface area contributed by atoms with Gasteiger partial charge in [-0.3, -0.25) is 9.59 Å². The maximum Gasteiger partial charge on any atom is 0.258 e. The van der Waals surface area contributed by atoms with E-state index in [1.807, 2.05) is 38.1 Å². The van der Waals surface area contributed by atoms with E-state index in [4.69, 9.17) is 9.47 Å². The monoisotopic (exact) mass is 507 g/mol. The number of carbonyl (C=O) groups excluding carboxylic acids is 2. The van der Waals surface area contributed by atoms with E-state index < -0.39 is 0 Å². The first-order valence-corrected chi connectivity index (χ1v) is 12.6. The molecule has 38 heavy (non-hydrogen) atoms. The van der Waals surface area contributed by atoms with Gasteiger partial charge in [0.05, 0.1) is 5.69 Å². The van der Waals surface area contributed by atoms with Crippen molar-refractivity contribution in [1.29, 1.82) is 0 Å². The number of rotatable bonds is 10. The summed E-state index contributed by atoms with van der Waals surface area (Å²) >= 11 is 0. The number of benzene rings is 3. The fourth-order valence-corrected chi connectivity index (χ4v) is 5.04. The number of ether oxygens (including phenoxy) is 2. The second kappa shape index (κ2) is 11.3. The van der Waals surface area contributed by atoms with Crippen molar-refractivity contribution >= 4 is 17.5 Å². The number of anilines is 1. The van der Waals surface area contributed by atoms with Crippen LogP contribution in [0, 0.1) is 27.7 Å². The van der Waals surface area contributed by atoms with Gasteiger partial charge >= 0.3 is 0 Å². The molecule has 1 aliphatic rings. The third kappa shape index (κ3) is 5.05. The number of aryl methyl sites for hydroxylation is 2. The molecule has 194 valence electrons. The van der Waals surface area contributed by atoms with E-state index in [9.17, 15) is 9.59 Å². The van der Waals surface area contributed by atoms with E-state index in [1.165, 1.54) is 17.1 Å². The zero-order valence-electron chi connectivity index (χ0n) is 22.4. The highest BCUT2D eigenvalue weighted by Crippen LogP contribution is 2.42. The molecule has 0 fully saturated rings. The van der Waals surface area contributed by atoms with Gasteiger partial charge in [0, 0.05) is 18.1 Å². The molecule has 3 aromatic rings. The normalized spacial score (nSPS) is 12.8. The molecule has 0 atom stereocenters. The predicted octanol–water partition coefficient (Wildman–Crippen LogP) is 6.66. The Labute approximate surface area is 224 Å². The van der Waals surface area contributed by atoms with Crippen molar-refractivity contribution in [2.24, 2.45) is 0 Å². The lowest BCUT2D eigenvalue weighted by atomic mass is 9.80. The summed E-state index contributed by atoms with van der Waals surface area (Å²) in [5.74, 6) is 0.866. The molecule has 0 N–H and O–H groups in total. The average molecular weight is 508 g/mol. The lowest BCUT2D eigenvalue weighted by Gasteiger charge is -2.26. The minimum absolute atomic E-state index is 0.148. The molecular weight excluding hydrogens is 474 g/mol. The summed E-state index contributed by atoms with van der Waals surface area (Å²) in [6.45, 7) is 16.6. The molecule has 4 rings (SSSR count). The molecule has 0 aliphatic carbocycles. The van der Waals surface area contributed by atoms with Gasteiger partial charge in [-0.25, -0.2) is 4.90 Å². The number of carbonyl (C=O) groups is 2. The number of imide groups is 1. The smallest absolute Gasteiger partial charge is 0.258 e. The third-order valence-electron chi connectivity index (χ3n) is 6.90. The summed E-state index contributed by atoms with van der Waals surface area (Å²) in [6, 6.07) is 16.0. The third-order valence-corrected chi connectivity index (χ3v) is 6.90. The first-order valence-electron chi connectivity index (χ1n) is 12.6. The van der Waals surface area contributed by atoms with E-state index in [1.54, 1.807) is 12.2 Å². The van der Waals surface area contributed by atoms with Gasteiger partial charge in [0.25, 0.3) is 11.8 Å². The Kier molecular flexibility index (Phi) is 7.96. The SMILES string of the molecule is C=CCOc1c(C)ccc(C(c2ccc(N3C(=O)C=CC3=O)cc2)c2ccc(C)c(OCC=C)c2C)c1C. The molecule has 0 saturated carbocycles. The zero-order chi connectivity index (χ0) is 27.4. The fourth-order valence-electron chi connectivity index (χ4n) is 5.04. The van der Waals surface area contributed by atoms with Gasteiger partial charge in [0.1, 0.15) is 24.7 Å². The quantitative estimate of drug-likeness (QED) is 0.175. The molecule has 3 aromatic carbocycles. The number of hydrogen-bond donors (Lipinski definition) is 0. The van der Waals surface area contributed by atoms with Crippen molar-refractivity contribution in [1.82, 2.24) is 0 Å². The first-order chi connectivity index (χ1) is 18.3. The van der Waals surface area contributed by atoms with Crippen LogP contribution in [-0.2, 0) is 9.59 Å². The van der Waals surface area contributed by atoms with E-state index in [0.717, 1.165) is 50.4 Å². The van der Waals surface area contributed by atoms with Crippen LogP contribution in [-0.4, -0.2) is 25.0 Å². The fraction of sp³-hybridized carbons (Fsp3) is 0.212. The standard InChI is InChI=1S/C33H33NO4/c1-7-19-37-32-21(3)9-15-27(23(32)5)31(28-16-10-22(4)33(24(28)6)38-20-8-2)25-11-13-26(14-12-25)34-29(35)17-18-30(34)36/h7-18,31H,1-2,19-20H2,3-6H3. The molecule has 5 nitrogen and oxygen atoms in total. The van der Waals surface area contributed by atoms with Gasteiger partial charge in [-0.05, 0) is 78.8 Å². The van der Waals surface area contributed by atoms with Gasteiger partial charge in [0.15, 0.2) is 0 Å². The first kappa shape index (κ1) is 26.7. The second-order valence-corrected chi connectivity index (χ2v) is 9.42. The maximum absolute atomic E-state index is 12.2. The van der Waals surface area contributed by atoms with Crippen molar-refractivity contribution < 1.29 is 19.1 Å². The van der Waals surface area contributed by atoms with Crippen LogP contribution in [0.15, 0.2) is 86.0 Å². The molecule has 0 spiro atoms. The second-order valence-electron chi connectivity index (χ2n) is 9.42. The summed E-state index contributed by atoms with van der Waals surface area (Å²) in [5, 5.41) is 0. The summed E-state index contributed by atoms with van der Waals surface area (Å²) in [7, 11) is 0. The van der Waals surface area contributed by atoms with Crippen LogP contribution < -0.4 is 14.4 Å². The number of nitrogens with zero attached hydrogens (tertiary/aromatic N) is 1. The van der Waals surface area contributed by atoms with Crippen molar-refractivity contribution in [3.8, 4) is 11.5 Å². The van der Waals surface area contributed by atoms with Gasteiger partial charge in [-0.1, -0.05) is 61.7 Å². The predicted molar refractivity (Wildman–Crippen MR) is 152 cm³/mol. The van der Waals surface area contributed by atoms with Gasteiger partial charge in [0.2, 0.25) is 0 Å². The molecule has 0 radical (unpaired) electrons. The Hall–Kier alpha value is -4.38. The summed E-state index contributed by atoms with van der Waals surface area (Å²) in [6.07, 6.45) is 6.07. The molecule has 0 unspecified atom stereocenters. The van der Waals surface area contributed by atoms with Crippen molar-refractivity contribution in [2.45, 2.75) is 33.6 Å². The minimum atomic E-state index is -0.337. The van der Waals surface area contributed by atoms with Gasteiger partial charge in [-0.2, -0.15) is 0 Å². The highest BCUT2D eigenvalue weighted by atomic mass is 16.5. The highest BCUT2D eigenvalue weighted by molar-refractivity contribution is 6.28. The minimum Gasteiger partial charge on any atom is -0.489 e. The van der Waals surface area contributed by atoms with Crippen molar-refractivity contribution in [2.75, 3.05) is 18.1 Å². The van der Waals surface area contributed by atoms with Crippen LogP contribution in [0.25, 0.3) is 0 Å². The van der Waals surface area contributed by atoms with E-state index in [2.05, 4.69) is 51.3 Å². The largest absolute Gasteiger partial charge is 0.489 e. The number of amides is 2. The lowest BCUT2D eigenvalue weighted by molar-refractivity contribution is -0.119. The Morgan fingerprint density at radius 2 is 1.16 bits per heavy atom. The summed E-state index contributed by atoms with van der Waals surface area (Å²) in [5.41, 5.74) is 7.95. The molecule has 2 amide bonds. The van der Waals surface area contributed by atoms with Crippen LogP contribution in [0.3, 0.4) is 0 Å². The Balaban J connectivity index is 1.89. The Morgan fingerprint density at radius 3 is 1.58 bits per heavy atom. The van der Waals surface area contributed by atoms with Crippen molar-refractivity contribution in [3.63, 3.8) is 0 Å². The zero-order valence-corrected chi connectivity index (χ0v) is 22.4. The Bertz CT molecular complexity index is 1350. The lowest BCUT2D eigenvalue weighted by Crippen LogP contribution is -2.29. The highest BCUT2D eigenvalue weighted by Gasteiger charge is 2.27. The van der Waals surface area contributed by atoms with Crippen LogP contribution in [0.4, 0.5) is 5.69 Å². The molecule has 1 aliphatic heterocycles. The Morgan fingerprint density at radius 1 is 0.711 bits per heavy atom. The van der Waals surface area contributed by atoms with Gasteiger partial charge < -0.3 is 9.47 Å². The van der Waals surface area contributed by atoms with E-state index in [-0.39, 0.29) is 17.7 Å². The van der Waals surface area contributed by atoms with E-state index in [0.29, 0.717) is 18.9 Å². The van der Waals surface area contributed by atoms with E-state index >= 15 is 0 Å². The van der Waals surface area contributed by atoms with Gasteiger partial charge in [-0.15, -0.1) is 0 Å². The van der Waals surface area contributed by atoms with Crippen molar-refractivity contribution in [3.05, 3.63) is 125 Å². The molecule has 0 saturated heterocycles. The number of hydrogen-bond acceptors (Lipinski definition) is 4. The average Bonchev–Trinajstić information content (AvgIpc) is 3.24. The molecular formula is C33H33NO4.